The van der Waals surface area contributed by atoms with E-state index in [9.17, 15) is 9.90 Å². The summed E-state index contributed by atoms with van der Waals surface area (Å²) in [6, 6.07) is 6.56. The van der Waals surface area contributed by atoms with E-state index in [-0.39, 0.29) is 23.2 Å². The van der Waals surface area contributed by atoms with Crippen LogP contribution < -0.4 is 10.3 Å². The fourth-order valence-corrected chi connectivity index (χ4v) is 1.98. The maximum absolute atomic E-state index is 12.1. The number of nitrogens with one attached hydrogen (secondary N) is 1. The molecule has 0 bridgehead atoms. The number of halogens is 1. The summed E-state index contributed by atoms with van der Waals surface area (Å²) in [5.74, 6) is -0.219. The summed E-state index contributed by atoms with van der Waals surface area (Å²) in [6.07, 6.45) is 0. The fourth-order valence-electron chi connectivity index (χ4n) is 1.86. The van der Waals surface area contributed by atoms with E-state index in [0.717, 1.165) is 4.52 Å². The molecule has 0 spiro atoms. The molecule has 0 fully saturated rings. The predicted molar refractivity (Wildman–Crippen MR) is 72.3 cm³/mol. The largest absolute Gasteiger partial charge is 0.493 e. The van der Waals surface area contributed by atoms with Crippen LogP contribution in [0.25, 0.3) is 16.9 Å². The lowest BCUT2D eigenvalue weighted by molar-refractivity contribution is 0.375. The Morgan fingerprint density at radius 1 is 1.35 bits per heavy atom. The molecule has 3 aromatic rings. The molecule has 0 aliphatic carbocycles. The maximum atomic E-state index is 12.1. The van der Waals surface area contributed by atoms with E-state index in [0.29, 0.717) is 10.6 Å². The van der Waals surface area contributed by atoms with Gasteiger partial charge in [-0.2, -0.15) is 9.50 Å². The van der Waals surface area contributed by atoms with Gasteiger partial charge in [0, 0.05) is 5.02 Å². The number of hydrogen-bond acceptors (Lipinski definition) is 5. The van der Waals surface area contributed by atoms with Gasteiger partial charge in [0.1, 0.15) is 5.56 Å². The number of rotatable bonds is 2. The Bertz CT molecular complexity index is 838. The van der Waals surface area contributed by atoms with E-state index in [1.165, 1.54) is 7.11 Å². The second kappa shape index (κ2) is 4.53. The third-order valence-electron chi connectivity index (χ3n) is 2.78. The van der Waals surface area contributed by atoms with E-state index in [4.69, 9.17) is 16.3 Å². The molecule has 0 aliphatic rings. The van der Waals surface area contributed by atoms with Crippen LogP contribution in [0.15, 0.2) is 29.1 Å². The Morgan fingerprint density at radius 3 is 2.70 bits per heavy atom. The van der Waals surface area contributed by atoms with Gasteiger partial charge < -0.3 is 9.84 Å². The summed E-state index contributed by atoms with van der Waals surface area (Å²) in [6.45, 7) is 0. The van der Waals surface area contributed by atoms with Crippen molar-refractivity contribution in [2.24, 2.45) is 0 Å². The van der Waals surface area contributed by atoms with Crippen LogP contribution in [0, 0.1) is 0 Å². The van der Waals surface area contributed by atoms with Gasteiger partial charge in [-0.3, -0.25) is 9.78 Å². The Balaban J connectivity index is 2.30. The SMILES string of the molecule is COc1nc2[nH]c(=O)c(-c3ccc(Cl)cc3)c(O)n2n1. The number of aromatic amines is 1. The predicted octanol–water partition coefficient (Wildman–Crippen LogP) is 1.45. The Labute approximate surface area is 117 Å². The zero-order chi connectivity index (χ0) is 14.3. The second-order valence-electron chi connectivity index (χ2n) is 3.99. The van der Waals surface area contributed by atoms with Gasteiger partial charge in [0.05, 0.1) is 7.11 Å². The molecule has 0 saturated heterocycles. The van der Waals surface area contributed by atoms with Crippen LogP contribution in [-0.2, 0) is 0 Å². The number of benzene rings is 1. The van der Waals surface area contributed by atoms with Gasteiger partial charge in [-0.15, -0.1) is 5.10 Å². The Morgan fingerprint density at radius 2 is 2.05 bits per heavy atom. The van der Waals surface area contributed by atoms with Crippen molar-refractivity contribution in [3.05, 3.63) is 39.6 Å². The van der Waals surface area contributed by atoms with Crippen molar-refractivity contribution in [2.75, 3.05) is 7.11 Å². The summed E-state index contributed by atoms with van der Waals surface area (Å²) in [7, 11) is 1.39. The molecule has 0 radical (unpaired) electrons. The summed E-state index contributed by atoms with van der Waals surface area (Å²) < 4.78 is 5.96. The van der Waals surface area contributed by atoms with Crippen LogP contribution in [0.1, 0.15) is 0 Å². The highest BCUT2D eigenvalue weighted by Crippen LogP contribution is 2.26. The van der Waals surface area contributed by atoms with Gasteiger partial charge >= 0.3 is 6.01 Å². The van der Waals surface area contributed by atoms with Crippen LogP contribution in [-0.4, -0.2) is 31.8 Å². The Kier molecular flexibility index (Phi) is 2.83. The summed E-state index contributed by atoms with van der Waals surface area (Å²) in [5, 5.41) is 14.7. The lowest BCUT2D eigenvalue weighted by atomic mass is 10.1. The van der Waals surface area contributed by atoms with E-state index in [1.54, 1.807) is 24.3 Å². The normalized spacial score (nSPS) is 10.9. The van der Waals surface area contributed by atoms with Crippen molar-refractivity contribution in [1.29, 1.82) is 0 Å². The molecule has 0 unspecified atom stereocenters. The number of aromatic hydroxyl groups is 1. The standard InChI is InChI=1S/C12H9ClN4O3/c1-20-12-15-11-14-9(18)8(10(19)17(11)16-12)6-2-4-7(13)5-3-6/h2-5,19H,1H3,(H,14,15,16,18). The fraction of sp³-hybridized carbons (Fsp3) is 0.0833. The summed E-state index contributed by atoms with van der Waals surface area (Å²) in [5.41, 5.74) is 0.124. The molecular weight excluding hydrogens is 284 g/mol. The van der Waals surface area contributed by atoms with Crippen molar-refractivity contribution < 1.29 is 9.84 Å². The van der Waals surface area contributed by atoms with Crippen LogP contribution in [0.4, 0.5) is 0 Å². The zero-order valence-corrected chi connectivity index (χ0v) is 11.0. The number of methoxy groups -OCH3 is 1. The highest BCUT2D eigenvalue weighted by molar-refractivity contribution is 6.30. The lowest BCUT2D eigenvalue weighted by Gasteiger charge is -2.04. The molecule has 8 heteroatoms. The van der Waals surface area contributed by atoms with Crippen LogP contribution in [0.3, 0.4) is 0 Å². The van der Waals surface area contributed by atoms with Crippen molar-refractivity contribution in [3.63, 3.8) is 0 Å². The molecule has 0 saturated carbocycles. The van der Waals surface area contributed by atoms with Gasteiger partial charge in [-0.05, 0) is 17.7 Å². The number of H-pyrrole nitrogens is 1. The van der Waals surface area contributed by atoms with Crippen LogP contribution >= 0.6 is 11.6 Å². The third-order valence-corrected chi connectivity index (χ3v) is 3.03. The molecular formula is C12H9ClN4O3. The van der Waals surface area contributed by atoms with Gasteiger partial charge in [0.2, 0.25) is 11.7 Å². The van der Waals surface area contributed by atoms with Crippen molar-refractivity contribution in [2.45, 2.75) is 0 Å². The first-order valence-corrected chi connectivity index (χ1v) is 6.00. The number of nitrogens with zero attached hydrogens (tertiary/aromatic N) is 3. The smallest absolute Gasteiger partial charge is 0.337 e. The summed E-state index contributed by atoms with van der Waals surface area (Å²) >= 11 is 5.80. The molecule has 0 aliphatic heterocycles. The minimum atomic E-state index is -0.479. The number of ether oxygens (including phenoxy) is 1. The van der Waals surface area contributed by atoms with Gasteiger partial charge in [-0.25, -0.2) is 0 Å². The second-order valence-corrected chi connectivity index (χ2v) is 4.43. The first kappa shape index (κ1) is 12.5. The van der Waals surface area contributed by atoms with E-state index >= 15 is 0 Å². The molecule has 2 aromatic heterocycles. The number of hydrogen-bond donors (Lipinski definition) is 2. The average Bonchev–Trinajstić information content (AvgIpc) is 2.84. The van der Waals surface area contributed by atoms with Crippen LogP contribution in [0.2, 0.25) is 5.02 Å². The van der Waals surface area contributed by atoms with Gasteiger partial charge in [0.25, 0.3) is 5.56 Å². The van der Waals surface area contributed by atoms with Crippen LogP contribution in [0.5, 0.6) is 11.9 Å². The highest BCUT2D eigenvalue weighted by Gasteiger charge is 2.17. The van der Waals surface area contributed by atoms with Crippen molar-refractivity contribution in [3.8, 4) is 23.0 Å². The van der Waals surface area contributed by atoms with Gasteiger partial charge in [0.15, 0.2) is 0 Å². The maximum Gasteiger partial charge on any atom is 0.337 e. The minimum Gasteiger partial charge on any atom is -0.493 e. The monoisotopic (exact) mass is 292 g/mol. The molecule has 20 heavy (non-hydrogen) atoms. The molecule has 1 aromatic carbocycles. The topological polar surface area (TPSA) is 92.5 Å². The quantitative estimate of drug-likeness (QED) is 0.746. The Hall–Kier alpha value is -2.54. The van der Waals surface area contributed by atoms with E-state index in [1.807, 2.05) is 0 Å². The number of aromatic nitrogens is 4. The molecule has 0 atom stereocenters. The highest BCUT2D eigenvalue weighted by atomic mass is 35.5. The molecule has 102 valence electrons. The first-order chi connectivity index (χ1) is 9.60. The molecule has 7 nitrogen and oxygen atoms in total. The molecule has 2 N–H and O–H groups in total. The average molecular weight is 293 g/mol. The van der Waals surface area contributed by atoms with E-state index in [2.05, 4.69) is 15.1 Å². The third kappa shape index (κ3) is 1.88. The summed E-state index contributed by atoms with van der Waals surface area (Å²) in [4.78, 5) is 18.5. The van der Waals surface area contributed by atoms with Gasteiger partial charge in [-0.1, -0.05) is 23.7 Å². The molecule has 2 heterocycles. The zero-order valence-electron chi connectivity index (χ0n) is 10.3. The lowest BCUT2D eigenvalue weighted by Crippen LogP contribution is -2.12. The first-order valence-electron chi connectivity index (χ1n) is 5.62. The van der Waals surface area contributed by atoms with Crippen molar-refractivity contribution >= 4 is 17.4 Å². The molecule has 0 amide bonds. The van der Waals surface area contributed by atoms with E-state index < -0.39 is 5.56 Å². The minimum absolute atomic E-state index is 0.0456. The number of fused-ring (bicyclic) bond motifs is 1. The molecule has 3 rings (SSSR count). The van der Waals surface area contributed by atoms with Crippen molar-refractivity contribution in [1.82, 2.24) is 19.6 Å².